The summed E-state index contributed by atoms with van der Waals surface area (Å²) < 4.78 is 5.90. The van der Waals surface area contributed by atoms with Crippen molar-refractivity contribution in [1.82, 2.24) is 0 Å². The number of hydrogen-bond acceptors (Lipinski definition) is 3. The van der Waals surface area contributed by atoms with Crippen LogP contribution >= 0.6 is 15.9 Å². The number of amides is 1. The molecule has 1 unspecified atom stereocenters. The fourth-order valence-electron chi connectivity index (χ4n) is 1.34. The number of methoxy groups -OCH3 is 1. The van der Waals surface area contributed by atoms with E-state index in [2.05, 4.69) is 21.2 Å². The van der Waals surface area contributed by atoms with E-state index in [-0.39, 0.29) is 5.91 Å². The minimum atomic E-state index is -0.469. The number of carbonyl (C=O) groups excluding carboxylic acids is 1. The number of nitrogens with one attached hydrogen (secondary N) is 1. The summed E-state index contributed by atoms with van der Waals surface area (Å²) in [5.74, 6) is -0.159. The van der Waals surface area contributed by atoms with Gasteiger partial charge in [0.1, 0.15) is 6.10 Å². The van der Waals surface area contributed by atoms with Crippen LogP contribution in [0.5, 0.6) is 0 Å². The molecule has 1 rings (SSSR count). The molecule has 1 atom stereocenters. The van der Waals surface area contributed by atoms with Crippen LogP contribution in [0.1, 0.15) is 6.92 Å². The van der Waals surface area contributed by atoms with Gasteiger partial charge in [-0.1, -0.05) is 15.9 Å². The third-order valence-electron chi connectivity index (χ3n) is 2.42. The lowest BCUT2D eigenvalue weighted by Crippen LogP contribution is -2.27. The van der Waals surface area contributed by atoms with Gasteiger partial charge in [0.05, 0.1) is 11.4 Å². The third kappa shape index (κ3) is 3.71. The van der Waals surface area contributed by atoms with Crippen LogP contribution in [0.3, 0.4) is 0 Å². The van der Waals surface area contributed by atoms with Gasteiger partial charge in [-0.3, -0.25) is 4.79 Å². The molecule has 0 bridgehead atoms. The molecule has 0 heterocycles. The van der Waals surface area contributed by atoms with Crippen molar-refractivity contribution in [2.75, 3.05) is 31.4 Å². The Bertz CT molecular complexity index is 407. The highest BCUT2D eigenvalue weighted by molar-refractivity contribution is 9.10. The second kappa shape index (κ2) is 6.02. The van der Waals surface area contributed by atoms with E-state index in [1.807, 2.05) is 37.2 Å². The maximum absolute atomic E-state index is 11.8. The van der Waals surface area contributed by atoms with Crippen LogP contribution in [-0.4, -0.2) is 33.2 Å². The Morgan fingerprint density at radius 2 is 2.12 bits per heavy atom. The minimum Gasteiger partial charge on any atom is -0.376 e. The Labute approximate surface area is 110 Å². The first-order valence-electron chi connectivity index (χ1n) is 5.26. The predicted molar refractivity (Wildman–Crippen MR) is 73.6 cm³/mol. The highest BCUT2D eigenvalue weighted by atomic mass is 79.9. The van der Waals surface area contributed by atoms with Crippen molar-refractivity contribution in [2.45, 2.75) is 13.0 Å². The van der Waals surface area contributed by atoms with E-state index >= 15 is 0 Å². The van der Waals surface area contributed by atoms with Crippen LogP contribution in [-0.2, 0) is 9.53 Å². The molecule has 0 radical (unpaired) electrons. The van der Waals surface area contributed by atoms with Gasteiger partial charge in [0.25, 0.3) is 5.91 Å². The number of benzene rings is 1. The zero-order chi connectivity index (χ0) is 13.0. The number of nitrogens with zero attached hydrogens (tertiary/aromatic N) is 1. The van der Waals surface area contributed by atoms with Crippen molar-refractivity contribution in [1.29, 1.82) is 0 Å². The Morgan fingerprint density at radius 3 is 2.65 bits per heavy atom. The van der Waals surface area contributed by atoms with E-state index in [1.54, 1.807) is 6.92 Å². The zero-order valence-electron chi connectivity index (χ0n) is 10.5. The van der Waals surface area contributed by atoms with Gasteiger partial charge in [0, 0.05) is 25.7 Å². The van der Waals surface area contributed by atoms with Gasteiger partial charge in [-0.15, -0.1) is 0 Å². The molecule has 4 nitrogen and oxygen atoms in total. The van der Waals surface area contributed by atoms with E-state index in [0.717, 1.165) is 15.8 Å². The molecule has 0 aliphatic rings. The molecule has 1 amide bonds. The molecular weight excluding hydrogens is 284 g/mol. The summed E-state index contributed by atoms with van der Waals surface area (Å²) in [6.45, 7) is 1.71. The number of ether oxygens (including phenoxy) is 1. The van der Waals surface area contributed by atoms with Crippen molar-refractivity contribution in [3.63, 3.8) is 0 Å². The lowest BCUT2D eigenvalue weighted by atomic mass is 10.2. The van der Waals surface area contributed by atoms with Gasteiger partial charge in [0.2, 0.25) is 0 Å². The predicted octanol–water partition coefficient (Wildman–Crippen LogP) is 2.49. The molecule has 0 aliphatic heterocycles. The number of anilines is 2. The molecule has 0 aromatic heterocycles. The second-order valence-electron chi connectivity index (χ2n) is 3.92. The molecule has 0 saturated carbocycles. The highest BCUT2D eigenvalue weighted by Crippen LogP contribution is 2.28. The van der Waals surface area contributed by atoms with Crippen LogP contribution in [0.2, 0.25) is 0 Å². The first-order valence-corrected chi connectivity index (χ1v) is 6.05. The van der Waals surface area contributed by atoms with E-state index in [0.29, 0.717) is 0 Å². The summed E-state index contributed by atoms with van der Waals surface area (Å²) in [6.07, 6.45) is -0.469. The van der Waals surface area contributed by atoms with Crippen molar-refractivity contribution in [2.24, 2.45) is 0 Å². The van der Waals surface area contributed by atoms with Crippen molar-refractivity contribution in [3.8, 4) is 0 Å². The number of rotatable bonds is 4. The van der Waals surface area contributed by atoms with Crippen LogP contribution in [0, 0.1) is 0 Å². The normalized spacial score (nSPS) is 12.1. The monoisotopic (exact) mass is 300 g/mol. The van der Waals surface area contributed by atoms with Gasteiger partial charge < -0.3 is 15.0 Å². The molecule has 0 aliphatic carbocycles. The Kier molecular flexibility index (Phi) is 4.96. The molecule has 1 aromatic carbocycles. The molecule has 17 heavy (non-hydrogen) atoms. The molecule has 1 N–H and O–H groups in total. The van der Waals surface area contributed by atoms with E-state index < -0.39 is 6.10 Å². The van der Waals surface area contributed by atoms with Crippen LogP contribution in [0.15, 0.2) is 22.7 Å². The smallest absolute Gasteiger partial charge is 0.253 e. The number of carbonyl (C=O) groups is 1. The summed E-state index contributed by atoms with van der Waals surface area (Å²) in [5, 5.41) is 2.85. The van der Waals surface area contributed by atoms with Gasteiger partial charge in [0.15, 0.2) is 0 Å². The SMILES string of the molecule is COC(C)C(=O)Nc1cc(Br)ccc1N(C)C. The minimum absolute atomic E-state index is 0.159. The first-order chi connectivity index (χ1) is 7.95. The molecule has 0 saturated heterocycles. The first kappa shape index (κ1) is 14.0. The van der Waals surface area contributed by atoms with E-state index in [1.165, 1.54) is 7.11 Å². The summed E-state index contributed by atoms with van der Waals surface area (Å²) in [4.78, 5) is 13.7. The average Bonchev–Trinajstić information content (AvgIpc) is 2.27. The van der Waals surface area contributed by atoms with Crippen molar-refractivity contribution in [3.05, 3.63) is 22.7 Å². The number of halogens is 1. The van der Waals surface area contributed by atoms with Gasteiger partial charge in [-0.05, 0) is 25.1 Å². The molecule has 1 aromatic rings. The average molecular weight is 301 g/mol. The molecule has 94 valence electrons. The quantitative estimate of drug-likeness (QED) is 0.929. The molecule has 5 heteroatoms. The lowest BCUT2D eigenvalue weighted by molar-refractivity contribution is -0.124. The standard InChI is InChI=1S/C12H17BrN2O2/c1-8(17-4)12(16)14-10-7-9(13)5-6-11(10)15(2)3/h5-8H,1-4H3,(H,14,16). The zero-order valence-corrected chi connectivity index (χ0v) is 12.0. The summed E-state index contributed by atoms with van der Waals surface area (Å²) >= 11 is 3.39. The Hall–Kier alpha value is -1.07. The topological polar surface area (TPSA) is 41.6 Å². The fraction of sp³-hybridized carbons (Fsp3) is 0.417. The molecule has 0 fully saturated rings. The summed E-state index contributed by atoms with van der Waals surface area (Å²) in [7, 11) is 5.37. The van der Waals surface area contributed by atoms with Crippen LogP contribution < -0.4 is 10.2 Å². The number of hydrogen-bond donors (Lipinski definition) is 1. The van der Waals surface area contributed by atoms with Gasteiger partial charge in [-0.25, -0.2) is 0 Å². The Morgan fingerprint density at radius 1 is 1.47 bits per heavy atom. The lowest BCUT2D eigenvalue weighted by Gasteiger charge is -2.19. The van der Waals surface area contributed by atoms with Crippen molar-refractivity contribution < 1.29 is 9.53 Å². The van der Waals surface area contributed by atoms with Crippen LogP contribution in [0.4, 0.5) is 11.4 Å². The van der Waals surface area contributed by atoms with E-state index in [9.17, 15) is 4.79 Å². The van der Waals surface area contributed by atoms with Crippen LogP contribution in [0.25, 0.3) is 0 Å². The van der Waals surface area contributed by atoms with Gasteiger partial charge in [-0.2, -0.15) is 0 Å². The summed E-state index contributed by atoms with van der Waals surface area (Å²) in [6, 6.07) is 5.75. The van der Waals surface area contributed by atoms with E-state index in [4.69, 9.17) is 4.74 Å². The van der Waals surface area contributed by atoms with Gasteiger partial charge >= 0.3 is 0 Å². The second-order valence-corrected chi connectivity index (χ2v) is 4.84. The third-order valence-corrected chi connectivity index (χ3v) is 2.91. The Balaban J connectivity index is 2.96. The fourth-order valence-corrected chi connectivity index (χ4v) is 1.70. The highest BCUT2D eigenvalue weighted by Gasteiger charge is 2.14. The summed E-state index contributed by atoms with van der Waals surface area (Å²) in [5.41, 5.74) is 1.71. The van der Waals surface area contributed by atoms with Crippen molar-refractivity contribution >= 4 is 33.2 Å². The molecular formula is C12H17BrN2O2. The molecule has 0 spiro atoms. The largest absolute Gasteiger partial charge is 0.376 e. The maximum Gasteiger partial charge on any atom is 0.253 e. The maximum atomic E-state index is 11.8.